The first-order valence-corrected chi connectivity index (χ1v) is 6.24. The van der Waals surface area contributed by atoms with E-state index in [-0.39, 0.29) is 6.04 Å². The predicted octanol–water partition coefficient (Wildman–Crippen LogP) is 2.12. The SMILES string of the molecule is CCCNC(C)c1nc(Cc2cccnc2)no1. The Morgan fingerprint density at radius 2 is 2.33 bits per heavy atom. The van der Waals surface area contributed by atoms with E-state index in [0.29, 0.717) is 18.1 Å². The molecule has 5 heteroatoms. The molecule has 0 aliphatic carbocycles. The van der Waals surface area contributed by atoms with E-state index in [9.17, 15) is 0 Å². The lowest BCUT2D eigenvalue weighted by atomic mass is 10.2. The van der Waals surface area contributed by atoms with E-state index in [1.807, 2.05) is 25.3 Å². The van der Waals surface area contributed by atoms with Crippen LogP contribution in [0.15, 0.2) is 29.0 Å². The van der Waals surface area contributed by atoms with Gasteiger partial charge in [-0.15, -0.1) is 0 Å². The maximum Gasteiger partial charge on any atom is 0.243 e. The molecule has 96 valence electrons. The van der Waals surface area contributed by atoms with Gasteiger partial charge in [-0.2, -0.15) is 4.98 Å². The van der Waals surface area contributed by atoms with Crippen LogP contribution in [0.25, 0.3) is 0 Å². The average molecular weight is 246 g/mol. The fraction of sp³-hybridized carbons (Fsp3) is 0.462. The van der Waals surface area contributed by atoms with Crippen molar-refractivity contribution < 1.29 is 4.52 Å². The number of nitrogens with zero attached hydrogens (tertiary/aromatic N) is 3. The van der Waals surface area contributed by atoms with Crippen LogP contribution in [0.1, 0.15) is 43.6 Å². The molecular formula is C13H18N4O. The summed E-state index contributed by atoms with van der Waals surface area (Å²) in [5, 5.41) is 7.30. The second-order valence-electron chi connectivity index (χ2n) is 4.26. The molecule has 0 spiro atoms. The number of aromatic nitrogens is 3. The summed E-state index contributed by atoms with van der Waals surface area (Å²) in [5.74, 6) is 1.34. The smallest absolute Gasteiger partial charge is 0.243 e. The summed E-state index contributed by atoms with van der Waals surface area (Å²) in [6.07, 6.45) is 5.30. The number of pyridine rings is 1. The molecular weight excluding hydrogens is 228 g/mol. The second-order valence-corrected chi connectivity index (χ2v) is 4.26. The Hall–Kier alpha value is -1.75. The van der Waals surface area contributed by atoms with E-state index in [4.69, 9.17) is 4.52 Å². The van der Waals surface area contributed by atoms with Gasteiger partial charge in [-0.1, -0.05) is 18.1 Å². The first kappa shape index (κ1) is 12.7. The number of nitrogens with one attached hydrogen (secondary N) is 1. The van der Waals surface area contributed by atoms with Gasteiger partial charge in [-0.05, 0) is 31.5 Å². The second kappa shape index (κ2) is 6.26. The molecule has 0 saturated heterocycles. The maximum atomic E-state index is 5.25. The Balaban J connectivity index is 1.98. The first-order chi connectivity index (χ1) is 8.79. The van der Waals surface area contributed by atoms with Crippen molar-refractivity contribution in [3.8, 4) is 0 Å². The van der Waals surface area contributed by atoms with Gasteiger partial charge < -0.3 is 9.84 Å². The quantitative estimate of drug-likeness (QED) is 0.845. The lowest BCUT2D eigenvalue weighted by Gasteiger charge is -2.06. The monoisotopic (exact) mass is 246 g/mol. The zero-order chi connectivity index (χ0) is 12.8. The summed E-state index contributed by atoms with van der Waals surface area (Å²) in [7, 11) is 0. The zero-order valence-electron chi connectivity index (χ0n) is 10.8. The Morgan fingerprint density at radius 3 is 3.06 bits per heavy atom. The third kappa shape index (κ3) is 3.37. The summed E-state index contributed by atoms with van der Waals surface area (Å²) < 4.78 is 5.25. The molecule has 0 aliphatic heterocycles. The Labute approximate surface area is 107 Å². The molecule has 18 heavy (non-hydrogen) atoms. The molecule has 2 heterocycles. The average Bonchev–Trinajstić information content (AvgIpc) is 2.86. The van der Waals surface area contributed by atoms with E-state index in [1.165, 1.54) is 0 Å². The third-order valence-corrected chi connectivity index (χ3v) is 2.64. The van der Waals surface area contributed by atoms with E-state index < -0.39 is 0 Å². The topological polar surface area (TPSA) is 63.8 Å². The third-order valence-electron chi connectivity index (χ3n) is 2.64. The summed E-state index contributed by atoms with van der Waals surface area (Å²) in [4.78, 5) is 8.46. The molecule has 2 aromatic rings. The van der Waals surface area contributed by atoms with Gasteiger partial charge in [0.15, 0.2) is 5.82 Å². The number of hydrogen-bond acceptors (Lipinski definition) is 5. The van der Waals surface area contributed by atoms with Gasteiger partial charge in [0.2, 0.25) is 5.89 Å². The van der Waals surface area contributed by atoms with Crippen LogP contribution in [0.4, 0.5) is 0 Å². The van der Waals surface area contributed by atoms with Crippen molar-refractivity contribution in [3.05, 3.63) is 41.8 Å². The summed E-state index contributed by atoms with van der Waals surface area (Å²) in [5.41, 5.74) is 1.08. The lowest BCUT2D eigenvalue weighted by molar-refractivity contribution is 0.337. The summed E-state index contributed by atoms with van der Waals surface area (Å²) in [6.45, 7) is 5.10. The van der Waals surface area contributed by atoms with E-state index in [2.05, 4.69) is 27.4 Å². The highest BCUT2D eigenvalue weighted by molar-refractivity contribution is 5.13. The van der Waals surface area contributed by atoms with Gasteiger partial charge >= 0.3 is 0 Å². The van der Waals surface area contributed by atoms with Gasteiger partial charge in [0, 0.05) is 18.8 Å². The normalized spacial score (nSPS) is 12.6. The van der Waals surface area contributed by atoms with Crippen LogP contribution >= 0.6 is 0 Å². The highest BCUT2D eigenvalue weighted by Crippen LogP contribution is 2.11. The Kier molecular flexibility index (Phi) is 4.41. The molecule has 0 radical (unpaired) electrons. The first-order valence-electron chi connectivity index (χ1n) is 6.24. The van der Waals surface area contributed by atoms with Crippen molar-refractivity contribution in [2.75, 3.05) is 6.54 Å². The van der Waals surface area contributed by atoms with Gasteiger partial charge in [0.1, 0.15) is 0 Å². The van der Waals surface area contributed by atoms with Crippen molar-refractivity contribution in [1.29, 1.82) is 0 Å². The molecule has 0 fully saturated rings. The van der Waals surface area contributed by atoms with Crippen LogP contribution in [-0.4, -0.2) is 21.7 Å². The summed E-state index contributed by atoms with van der Waals surface area (Å²) in [6, 6.07) is 4.00. The van der Waals surface area contributed by atoms with Crippen LogP contribution in [0, 0.1) is 0 Å². The van der Waals surface area contributed by atoms with Crippen LogP contribution in [-0.2, 0) is 6.42 Å². The molecule has 0 bridgehead atoms. The molecule has 0 aliphatic rings. The molecule has 1 N–H and O–H groups in total. The highest BCUT2D eigenvalue weighted by Gasteiger charge is 2.13. The molecule has 2 aromatic heterocycles. The molecule has 1 unspecified atom stereocenters. The van der Waals surface area contributed by atoms with Crippen molar-refractivity contribution in [3.63, 3.8) is 0 Å². The highest BCUT2D eigenvalue weighted by atomic mass is 16.5. The largest absolute Gasteiger partial charge is 0.338 e. The minimum atomic E-state index is 0.0973. The van der Waals surface area contributed by atoms with E-state index in [1.54, 1.807) is 6.20 Å². The fourth-order valence-electron chi connectivity index (χ4n) is 1.65. The Morgan fingerprint density at radius 1 is 1.44 bits per heavy atom. The molecule has 0 saturated carbocycles. The maximum absolute atomic E-state index is 5.25. The van der Waals surface area contributed by atoms with Crippen molar-refractivity contribution in [2.24, 2.45) is 0 Å². The molecule has 0 aromatic carbocycles. The Bertz CT molecular complexity index is 469. The molecule has 5 nitrogen and oxygen atoms in total. The van der Waals surface area contributed by atoms with Crippen LogP contribution in [0.3, 0.4) is 0 Å². The van der Waals surface area contributed by atoms with E-state index >= 15 is 0 Å². The lowest BCUT2D eigenvalue weighted by Crippen LogP contribution is -2.19. The number of hydrogen-bond donors (Lipinski definition) is 1. The minimum Gasteiger partial charge on any atom is -0.338 e. The van der Waals surface area contributed by atoms with Gasteiger partial charge in [-0.25, -0.2) is 0 Å². The zero-order valence-corrected chi connectivity index (χ0v) is 10.8. The molecule has 0 amide bonds. The van der Waals surface area contributed by atoms with Crippen molar-refractivity contribution in [1.82, 2.24) is 20.4 Å². The van der Waals surface area contributed by atoms with Gasteiger partial charge in [0.25, 0.3) is 0 Å². The molecule has 1 atom stereocenters. The van der Waals surface area contributed by atoms with E-state index in [0.717, 1.165) is 18.5 Å². The van der Waals surface area contributed by atoms with Gasteiger partial charge in [0.05, 0.1) is 6.04 Å². The summed E-state index contributed by atoms with van der Waals surface area (Å²) >= 11 is 0. The van der Waals surface area contributed by atoms with Gasteiger partial charge in [-0.3, -0.25) is 4.98 Å². The van der Waals surface area contributed by atoms with Crippen LogP contribution in [0.5, 0.6) is 0 Å². The van der Waals surface area contributed by atoms with Crippen molar-refractivity contribution in [2.45, 2.75) is 32.7 Å². The number of rotatable bonds is 6. The van der Waals surface area contributed by atoms with Crippen molar-refractivity contribution >= 4 is 0 Å². The molecule has 2 rings (SSSR count). The predicted molar refractivity (Wildman–Crippen MR) is 68.0 cm³/mol. The minimum absolute atomic E-state index is 0.0973. The van der Waals surface area contributed by atoms with Crippen LogP contribution < -0.4 is 5.32 Å². The standard InChI is InChI=1S/C13H18N4O/c1-3-6-15-10(2)13-16-12(17-18-13)8-11-5-4-7-14-9-11/h4-5,7,9-10,15H,3,6,8H2,1-2H3. The van der Waals surface area contributed by atoms with Crippen LogP contribution in [0.2, 0.25) is 0 Å². The fourth-order valence-corrected chi connectivity index (χ4v) is 1.65.